The summed E-state index contributed by atoms with van der Waals surface area (Å²) < 4.78 is 27.1. The Balaban J connectivity index is 2.26. The number of amides is 1. The molecule has 0 atom stereocenters. The summed E-state index contributed by atoms with van der Waals surface area (Å²) in [5, 5.41) is 2.56. The molecule has 0 aromatic heterocycles. The third-order valence-electron chi connectivity index (χ3n) is 2.77. The molecule has 0 saturated heterocycles. The van der Waals surface area contributed by atoms with Gasteiger partial charge in [-0.15, -0.1) is 0 Å². The van der Waals surface area contributed by atoms with Crippen LogP contribution in [-0.2, 0) is 14.8 Å². The number of carbonyl (C=O) groups excluding carboxylic acids is 1. The molecule has 2 aromatic carbocycles. The lowest BCUT2D eigenvalue weighted by Crippen LogP contribution is -2.13. The van der Waals surface area contributed by atoms with E-state index >= 15 is 0 Å². The molecule has 21 heavy (non-hydrogen) atoms. The first-order valence-electron chi connectivity index (χ1n) is 6.34. The Morgan fingerprint density at radius 2 is 1.67 bits per heavy atom. The first-order valence-corrected chi connectivity index (χ1v) is 7.82. The van der Waals surface area contributed by atoms with E-state index in [0.717, 1.165) is 5.56 Å². The summed E-state index contributed by atoms with van der Waals surface area (Å²) in [7, 11) is -3.69. The van der Waals surface area contributed by atoms with Gasteiger partial charge in [0.25, 0.3) is 10.0 Å². The molecule has 0 unspecified atom stereocenters. The fraction of sp³-hybridized carbons (Fsp3) is 0.133. The Bertz CT molecular complexity index is 753. The average molecular weight is 304 g/mol. The molecular formula is C15H16N2O3S. The lowest BCUT2D eigenvalue weighted by atomic mass is 10.2. The predicted octanol–water partition coefficient (Wildman–Crippen LogP) is 2.75. The summed E-state index contributed by atoms with van der Waals surface area (Å²) >= 11 is 0. The van der Waals surface area contributed by atoms with Gasteiger partial charge < -0.3 is 5.32 Å². The SMILES string of the molecule is CC(=O)Nc1cccc(S(=O)(=O)Nc2ccc(C)cc2)c1. The molecule has 0 radical (unpaired) electrons. The lowest BCUT2D eigenvalue weighted by Gasteiger charge is -2.10. The van der Waals surface area contributed by atoms with E-state index in [4.69, 9.17) is 0 Å². The van der Waals surface area contributed by atoms with Crippen LogP contribution in [0.3, 0.4) is 0 Å². The number of hydrogen-bond donors (Lipinski definition) is 2. The van der Waals surface area contributed by atoms with Crippen molar-refractivity contribution < 1.29 is 13.2 Å². The van der Waals surface area contributed by atoms with E-state index < -0.39 is 10.0 Å². The van der Waals surface area contributed by atoms with Crippen LogP contribution in [0.15, 0.2) is 53.4 Å². The third-order valence-corrected chi connectivity index (χ3v) is 4.15. The summed E-state index contributed by atoms with van der Waals surface area (Å²) in [5.41, 5.74) is 1.98. The van der Waals surface area contributed by atoms with Gasteiger partial charge in [0.1, 0.15) is 0 Å². The standard InChI is InChI=1S/C15H16N2O3S/c1-11-6-8-13(9-7-11)17-21(19,20)15-5-3-4-14(10-15)16-12(2)18/h3-10,17H,1-2H3,(H,16,18). The minimum absolute atomic E-state index is 0.0920. The van der Waals surface area contributed by atoms with Crippen molar-refractivity contribution in [3.05, 3.63) is 54.1 Å². The van der Waals surface area contributed by atoms with Crippen LogP contribution < -0.4 is 10.0 Å². The summed E-state index contributed by atoms with van der Waals surface area (Å²) in [6.07, 6.45) is 0. The number of aryl methyl sites for hydroxylation is 1. The normalized spacial score (nSPS) is 11.0. The van der Waals surface area contributed by atoms with Gasteiger partial charge in [0.2, 0.25) is 5.91 Å². The molecule has 0 aliphatic heterocycles. The van der Waals surface area contributed by atoms with Gasteiger partial charge in [0, 0.05) is 18.3 Å². The van der Waals surface area contributed by atoms with Gasteiger partial charge in [-0.3, -0.25) is 9.52 Å². The van der Waals surface area contributed by atoms with Crippen LogP contribution >= 0.6 is 0 Å². The summed E-state index contributed by atoms with van der Waals surface area (Å²) in [5.74, 6) is -0.254. The fourth-order valence-electron chi connectivity index (χ4n) is 1.78. The van der Waals surface area contributed by atoms with Crippen LogP contribution in [0.2, 0.25) is 0 Å². The predicted molar refractivity (Wildman–Crippen MR) is 82.7 cm³/mol. The zero-order valence-electron chi connectivity index (χ0n) is 11.8. The maximum Gasteiger partial charge on any atom is 0.261 e. The molecule has 6 heteroatoms. The van der Waals surface area contributed by atoms with Crippen molar-refractivity contribution in [3.63, 3.8) is 0 Å². The molecule has 0 aliphatic carbocycles. The van der Waals surface area contributed by atoms with E-state index in [1.165, 1.54) is 19.1 Å². The van der Waals surface area contributed by atoms with Crippen molar-refractivity contribution in [2.24, 2.45) is 0 Å². The van der Waals surface area contributed by atoms with E-state index in [2.05, 4.69) is 10.0 Å². The largest absolute Gasteiger partial charge is 0.326 e. The van der Waals surface area contributed by atoms with Crippen molar-refractivity contribution in [2.45, 2.75) is 18.7 Å². The molecule has 2 rings (SSSR count). The molecule has 1 amide bonds. The second kappa shape index (κ2) is 5.97. The van der Waals surface area contributed by atoms with Gasteiger partial charge in [-0.2, -0.15) is 0 Å². The van der Waals surface area contributed by atoms with Crippen molar-refractivity contribution >= 4 is 27.3 Å². The highest BCUT2D eigenvalue weighted by Gasteiger charge is 2.14. The van der Waals surface area contributed by atoms with Crippen LogP contribution in [0.1, 0.15) is 12.5 Å². The molecule has 0 saturated carbocycles. The molecule has 2 N–H and O–H groups in total. The van der Waals surface area contributed by atoms with Crippen LogP contribution in [0.4, 0.5) is 11.4 Å². The van der Waals surface area contributed by atoms with Gasteiger partial charge >= 0.3 is 0 Å². The number of carbonyl (C=O) groups is 1. The Morgan fingerprint density at radius 3 is 2.29 bits per heavy atom. The molecule has 0 heterocycles. The summed E-state index contributed by atoms with van der Waals surface area (Å²) in [6, 6.07) is 13.1. The van der Waals surface area contributed by atoms with Crippen LogP contribution in [0, 0.1) is 6.92 Å². The first-order chi connectivity index (χ1) is 9.87. The highest BCUT2D eigenvalue weighted by atomic mass is 32.2. The molecular weight excluding hydrogens is 288 g/mol. The van der Waals surface area contributed by atoms with Crippen LogP contribution in [0.5, 0.6) is 0 Å². The number of hydrogen-bond acceptors (Lipinski definition) is 3. The molecule has 5 nitrogen and oxygen atoms in total. The van der Waals surface area contributed by atoms with Crippen molar-refractivity contribution in [1.82, 2.24) is 0 Å². The Hall–Kier alpha value is -2.34. The number of sulfonamides is 1. The highest BCUT2D eigenvalue weighted by molar-refractivity contribution is 7.92. The Kier molecular flexibility index (Phi) is 4.28. The topological polar surface area (TPSA) is 75.3 Å². The van der Waals surface area contributed by atoms with Gasteiger partial charge in [-0.1, -0.05) is 23.8 Å². The molecule has 110 valence electrons. The lowest BCUT2D eigenvalue weighted by molar-refractivity contribution is -0.114. The Morgan fingerprint density at radius 1 is 1.00 bits per heavy atom. The maximum absolute atomic E-state index is 12.3. The quantitative estimate of drug-likeness (QED) is 0.912. The third kappa shape index (κ3) is 4.06. The first kappa shape index (κ1) is 15.1. The minimum Gasteiger partial charge on any atom is -0.326 e. The maximum atomic E-state index is 12.3. The monoisotopic (exact) mass is 304 g/mol. The minimum atomic E-state index is -3.69. The van der Waals surface area contributed by atoms with E-state index in [-0.39, 0.29) is 10.8 Å². The van der Waals surface area contributed by atoms with Crippen molar-refractivity contribution in [3.8, 4) is 0 Å². The average Bonchev–Trinajstić information content (AvgIpc) is 2.41. The van der Waals surface area contributed by atoms with E-state index in [9.17, 15) is 13.2 Å². The molecule has 0 bridgehead atoms. The van der Waals surface area contributed by atoms with Gasteiger partial charge in [-0.05, 0) is 37.3 Å². The van der Waals surface area contributed by atoms with E-state index in [0.29, 0.717) is 11.4 Å². The number of anilines is 2. The van der Waals surface area contributed by atoms with Gasteiger partial charge in [0.05, 0.1) is 4.90 Å². The summed E-state index contributed by atoms with van der Waals surface area (Å²) in [6.45, 7) is 3.29. The van der Waals surface area contributed by atoms with Gasteiger partial charge in [0.15, 0.2) is 0 Å². The van der Waals surface area contributed by atoms with E-state index in [1.54, 1.807) is 24.3 Å². The van der Waals surface area contributed by atoms with Crippen LogP contribution in [-0.4, -0.2) is 14.3 Å². The van der Waals surface area contributed by atoms with Crippen molar-refractivity contribution in [1.29, 1.82) is 0 Å². The smallest absolute Gasteiger partial charge is 0.261 e. The van der Waals surface area contributed by atoms with Gasteiger partial charge in [-0.25, -0.2) is 8.42 Å². The molecule has 0 fully saturated rings. The molecule has 2 aromatic rings. The molecule has 0 aliphatic rings. The highest BCUT2D eigenvalue weighted by Crippen LogP contribution is 2.19. The number of nitrogens with one attached hydrogen (secondary N) is 2. The number of rotatable bonds is 4. The zero-order valence-corrected chi connectivity index (χ0v) is 12.6. The number of benzene rings is 2. The zero-order chi connectivity index (χ0) is 15.5. The molecule has 0 spiro atoms. The van der Waals surface area contributed by atoms with E-state index in [1.807, 2.05) is 19.1 Å². The fourth-order valence-corrected chi connectivity index (χ4v) is 2.88. The second-order valence-corrected chi connectivity index (χ2v) is 6.36. The van der Waals surface area contributed by atoms with Crippen LogP contribution in [0.25, 0.3) is 0 Å². The Labute approximate surface area is 124 Å². The summed E-state index contributed by atoms with van der Waals surface area (Å²) in [4.78, 5) is 11.1. The second-order valence-electron chi connectivity index (χ2n) is 4.68. The van der Waals surface area contributed by atoms with Crippen molar-refractivity contribution in [2.75, 3.05) is 10.0 Å².